The summed E-state index contributed by atoms with van der Waals surface area (Å²) in [5.41, 5.74) is 2.88. The Balaban J connectivity index is 1.94. The first-order valence-electron chi connectivity index (χ1n) is 8.61. The van der Waals surface area contributed by atoms with Crippen molar-refractivity contribution >= 4 is 35.0 Å². The number of hydrogen-bond acceptors (Lipinski definition) is 3. The van der Waals surface area contributed by atoms with Crippen LogP contribution in [0.1, 0.15) is 40.2 Å². The quantitative estimate of drug-likeness (QED) is 0.723. The Hall–Kier alpha value is -2.27. The molecule has 0 bridgehead atoms. The lowest BCUT2D eigenvalue weighted by Gasteiger charge is -2.19. The van der Waals surface area contributed by atoms with E-state index in [1.807, 2.05) is 55.5 Å². The molecule has 0 aliphatic carbocycles. The van der Waals surface area contributed by atoms with Crippen LogP contribution in [0.15, 0.2) is 53.4 Å². The van der Waals surface area contributed by atoms with Gasteiger partial charge >= 0.3 is 0 Å². The molecule has 0 spiro atoms. The van der Waals surface area contributed by atoms with Crippen molar-refractivity contribution < 1.29 is 9.59 Å². The maximum atomic E-state index is 12.4. The largest absolute Gasteiger partial charge is 0.326 e. The lowest BCUT2D eigenvalue weighted by molar-refractivity contribution is -0.115. The number of rotatable bonds is 5. The second-order valence-electron chi connectivity index (χ2n) is 7.28. The van der Waals surface area contributed by atoms with E-state index in [1.54, 1.807) is 0 Å². The molecule has 0 radical (unpaired) electrons. The Morgan fingerprint density at radius 1 is 0.885 bits per heavy atom. The fraction of sp³-hybridized carbons (Fsp3) is 0.333. The van der Waals surface area contributed by atoms with Gasteiger partial charge in [0, 0.05) is 23.2 Å². The monoisotopic (exact) mass is 370 g/mol. The Bertz CT molecular complexity index is 762. The number of amides is 2. The van der Waals surface area contributed by atoms with Crippen LogP contribution in [0, 0.1) is 0 Å². The van der Waals surface area contributed by atoms with Crippen molar-refractivity contribution in [1.29, 1.82) is 0 Å². The van der Waals surface area contributed by atoms with E-state index in [9.17, 15) is 9.59 Å². The molecule has 0 saturated carbocycles. The average molecular weight is 371 g/mol. The van der Waals surface area contributed by atoms with Gasteiger partial charge in [-0.15, -0.1) is 11.8 Å². The SMILES string of the molecule is CC(=O)Nc1ccc(SC(C)C(=O)Nc2ccc(C(C)(C)C)cc2)cc1. The van der Waals surface area contributed by atoms with Crippen LogP contribution >= 0.6 is 11.8 Å². The van der Waals surface area contributed by atoms with Crippen molar-refractivity contribution in [2.24, 2.45) is 0 Å². The normalized spacial score (nSPS) is 12.3. The van der Waals surface area contributed by atoms with Gasteiger partial charge in [0.1, 0.15) is 0 Å². The van der Waals surface area contributed by atoms with Gasteiger partial charge < -0.3 is 10.6 Å². The number of nitrogens with one attached hydrogen (secondary N) is 2. The van der Waals surface area contributed by atoms with Gasteiger partial charge in [-0.25, -0.2) is 0 Å². The van der Waals surface area contributed by atoms with Crippen LogP contribution in [0.3, 0.4) is 0 Å². The van der Waals surface area contributed by atoms with Crippen molar-refractivity contribution in [1.82, 2.24) is 0 Å². The van der Waals surface area contributed by atoms with E-state index in [2.05, 4.69) is 31.4 Å². The van der Waals surface area contributed by atoms with Gasteiger partial charge in [0.05, 0.1) is 5.25 Å². The molecule has 0 aliphatic rings. The van der Waals surface area contributed by atoms with Crippen LogP contribution in [-0.4, -0.2) is 17.1 Å². The van der Waals surface area contributed by atoms with E-state index in [1.165, 1.54) is 24.2 Å². The van der Waals surface area contributed by atoms with Crippen molar-refractivity contribution in [3.05, 3.63) is 54.1 Å². The van der Waals surface area contributed by atoms with Crippen LogP contribution < -0.4 is 10.6 Å². The second-order valence-corrected chi connectivity index (χ2v) is 8.70. The fourth-order valence-corrected chi connectivity index (χ4v) is 3.24. The third kappa shape index (κ3) is 5.92. The summed E-state index contributed by atoms with van der Waals surface area (Å²) in [5, 5.41) is 5.46. The Morgan fingerprint density at radius 2 is 1.38 bits per heavy atom. The van der Waals surface area contributed by atoms with Crippen molar-refractivity contribution in [3.8, 4) is 0 Å². The molecule has 0 aromatic heterocycles. The van der Waals surface area contributed by atoms with Crippen LogP contribution in [0.25, 0.3) is 0 Å². The number of hydrogen-bond donors (Lipinski definition) is 2. The summed E-state index contributed by atoms with van der Waals surface area (Å²) in [4.78, 5) is 24.4. The minimum Gasteiger partial charge on any atom is -0.326 e. The van der Waals surface area contributed by atoms with Crippen molar-refractivity contribution in [3.63, 3.8) is 0 Å². The minimum atomic E-state index is -0.232. The molecule has 1 atom stereocenters. The molecule has 5 heteroatoms. The van der Waals surface area contributed by atoms with Gasteiger partial charge in [-0.2, -0.15) is 0 Å². The van der Waals surface area contributed by atoms with Crippen molar-refractivity contribution in [2.45, 2.75) is 50.2 Å². The molecule has 2 N–H and O–H groups in total. The molecule has 2 amide bonds. The highest BCUT2D eigenvalue weighted by atomic mass is 32.2. The molecule has 0 saturated heterocycles. The Kier molecular flexibility index (Phi) is 6.48. The highest BCUT2D eigenvalue weighted by Crippen LogP contribution is 2.27. The van der Waals surface area contributed by atoms with Gasteiger partial charge in [-0.1, -0.05) is 32.9 Å². The van der Waals surface area contributed by atoms with E-state index in [4.69, 9.17) is 0 Å². The number of thioether (sulfide) groups is 1. The number of carbonyl (C=O) groups excluding carboxylic acids is 2. The molecule has 26 heavy (non-hydrogen) atoms. The lowest BCUT2D eigenvalue weighted by atomic mass is 9.87. The Morgan fingerprint density at radius 3 is 1.88 bits per heavy atom. The molecule has 0 heterocycles. The Labute approximate surface area is 159 Å². The molecule has 1 unspecified atom stereocenters. The molecular weight excluding hydrogens is 344 g/mol. The van der Waals surface area contributed by atoms with Crippen molar-refractivity contribution in [2.75, 3.05) is 10.6 Å². The average Bonchev–Trinajstić information content (AvgIpc) is 2.55. The van der Waals surface area contributed by atoms with Crippen LogP contribution in [0.5, 0.6) is 0 Å². The highest BCUT2D eigenvalue weighted by molar-refractivity contribution is 8.00. The third-order valence-corrected chi connectivity index (χ3v) is 4.99. The minimum absolute atomic E-state index is 0.0375. The molecule has 2 aromatic rings. The summed E-state index contributed by atoms with van der Waals surface area (Å²) in [7, 11) is 0. The molecule has 2 aromatic carbocycles. The number of benzene rings is 2. The maximum Gasteiger partial charge on any atom is 0.237 e. The molecule has 0 fully saturated rings. The topological polar surface area (TPSA) is 58.2 Å². The predicted octanol–water partition coefficient (Wildman–Crippen LogP) is 5.06. The number of anilines is 2. The molecule has 4 nitrogen and oxygen atoms in total. The van der Waals surface area contributed by atoms with Gasteiger partial charge in [-0.05, 0) is 54.3 Å². The maximum absolute atomic E-state index is 12.4. The summed E-state index contributed by atoms with van der Waals surface area (Å²) in [6.45, 7) is 9.85. The highest BCUT2D eigenvalue weighted by Gasteiger charge is 2.16. The predicted molar refractivity (Wildman–Crippen MR) is 110 cm³/mol. The van der Waals surface area contributed by atoms with Gasteiger partial charge in [0.2, 0.25) is 11.8 Å². The first kappa shape index (κ1) is 20.0. The summed E-state index contributed by atoms with van der Waals surface area (Å²) in [6.07, 6.45) is 0. The zero-order valence-corrected chi connectivity index (χ0v) is 16.7. The van der Waals surface area contributed by atoms with Crippen LogP contribution in [0.2, 0.25) is 0 Å². The standard InChI is InChI=1S/C21H26N2O2S/c1-14(26-19-12-10-17(11-13-19)22-15(2)24)20(25)23-18-8-6-16(7-9-18)21(3,4)5/h6-14H,1-5H3,(H,22,24)(H,23,25). The molecule has 0 aliphatic heterocycles. The van der Waals surface area contributed by atoms with E-state index in [0.29, 0.717) is 0 Å². The first-order valence-corrected chi connectivity index (χ1v) is 9.49. The lowest BCUT2D eigenvalue weighted by Crippen LogP contribution is -2.22. The molecule has 2 rings (SSSR count). The molecular formula is C21H26N2O2S. The van der Waals surface area contributed by atoms with Gasteiger partial charge in [0.25, 0.3) is 0 Å². The van der Waals surface area contributed by atoms with E-state index in [-0.39, 0.29) is 22.5 Å². The summed E-state index contributed by atoms with van der Waals surface area (Å²) < 4.78 is 0. The van der Waals surface area contributed by atoms with Crippen LogP contribution in [-0.2, 0) is 15.0 Å². The summed E-state index contributed by atoms with van der Waals surface area (Å²) >= 11 is 1.48. The zero-order chi connectivity index (χ0) is 19.3. The second kappa shape index (κ2) is 8.41. The van der Waals surface area contributed by atoms with Crippen LogP contribution in [0.4, 0.5) is 11.4 Å². The van der Waals surface area contributed by atoms with Gasteiger partial charge in [0.15, 0.2) is 0 Å². The molecule has 138 valence electrons. The van der Waals surface area contributed by atoms with Gasteiger partial charge in [-0.3, -0.25) is 9.59 Å². The summed E-state index contributed by atoms with van der Waals surface area (Å²) in [6, 6.07) is 15.5. The van der Waals surface area contributed by atoms with E-state index in [0.717, 1.165) is 16.3 Å². The van der Waals surface area contributed by atoms with E-state index >= 15 is 0 Å². The third-order valence-electron chi connectivity index (χ3n) is 3.88. The van der Waals surface area contributed by atoms with E-state index < -0.39 is 0 Å². The first-order chi connectivity index (χ1) is 12.1. The zero-order valence-electron chi connectivity index (χ0n) is 15.9. The fourth-order valence-electron chi connectivity index (χ4n) is 2.38. The summed E-state index contributed by atoms with van der Waals surface area (Å²) in [5.74, 6) is -0.139. The smallest absolute Gasteiger partial charge is 0.237 e. The number of carbonyl (C=O) groups is 2.